The van der Waals surface area contributed by atoms with Gasteiger partial charge in [-0.25, -0.2) is 4.39 Å². The zero-order valence-electron chi connectivity index (χ0n) is 10.3. The van der Waals surface area contributed by atoms with Gasteiger partial charge in [-0.15, -0.1) is 0 Å². The third-order valence-electron chi connectivity index (χ3n) is 2.99. The predicted molar refractivity (Wildman–Crippen MR) is 75.1 cm³/mol. The molecule has 0 radical (unpaired) electrons. The number of benzene rings is 2. The van der Waals surface area contributed by atoms with Gasteiger partial charge in [-0.05, 0) is 29.3 Å². The number of halogens is 1. The molecule has 0 N–H and O–H groups in total. The number of hydrogen-bond donors (Lipinski definition) is 0. The molecule has 3 aromatic rings. The first-order valence-corrected chi connectivity index (χ1v) is 6.10. The first kappa shape index (κ1) is 11.6. The highest BCUT2D eigenvalue weighted by atomic mass is 19.1. The quantitative estimate of drug-likeness (QED) is 0.649. The lowest BCUT2D eigenvalue weighted by Crippen LogP contribution is -1.85. The van der Waals surface area contributed by atoms with Crippen molar-refractivity contribution in [3.8, 4) is 22.4 Å². The second kappa shape index (κ2) is 5.02. The number of aromatic nitrogens is 1. The van der Waals surface area contributed by atoms with Crippen LogP contribution in [0.1, 0.15) is 0 Å². The van der Waals surface area contributed by atoms with Gasteiger partial charge in [0, 0.05) is 5.56 Å². The van der Waals surface area contributed by atoms with Gasteiger partial charge in [-0.1, -0.05) is 48.5 Å². The molecule has 0 fully saturated rings. The molecule has 0 saturated carbocycles. The molecule has 2 heteroatoms. The number of rotatable bonds is 2. The van der Waals surface area contributed by atoms with Crippen molar-refractivity contribution >= 4 is 0 Å². The fraction of sp³-hybridized carbons (Fsp3) is 0. The lowest BCUT2D eigenvalue weighted by Gasteiger charge is -2.05. The van der Waals surface area contributed by atoms with Crippen molar-refractivity contribution < 1.29 is 4.39 Å². The average molecular weight is 249 g/mol. The predicted octanol–water partition coefficient (Wildman–Crippen LogP) is 4.55. The number of hydrogen-bond acceptors (Lipinski definition) is 1. The average Bonchev–Trinajstić information content (AvgIpc) is 2.49. The van der Waals surface area contributed by atoms with E-state index < -0.39 is 0 Å². The van der Waals surface area contributed by atoms with Gasteiger partial charge in [-0.3, -0.25) is 4.98 Å². The summed E-state index contributed by atoms with van der Waals surface area (Å²) in [6.07, 6.45) is 1.24. The van der Waals surface area contributed by atoms with Gasteiger partial charge in [0.2, 0.25) is 0 Å². The van der Waals surface area contributed by atoms with E-state index in [4.69, 9.17) is 0 Å². The van der Waals surface area contributed by atoms with Gasteiger partial charge in [0.15, 0.2) is 0 Å². The molecule has 0 aliphatic carbocycles. The largest absolute Gasteiger partial charge is 0.253 e. The van der Waals surface area contributed by atoms with Crippen LogP contribution in [0.5, 0.6) is 0 Å². The second-order valence-electron chi connectivity index (χ2n) is 4.31. The number of pyridine rings is 1. The molecule has 0 bridgehead atoms. The lowest BCUT2D eigenvalue weighted by molar-refractivity contribution is 0.622. The molecular formula is C17H12FN. The Morgan fingerprint density at radius 1 is 0.684 bits per heavy atom. The van der Waals surface area contributed by atoms with E-state index in [0.717, 1.165) is 22.4 Å². The molecule has 0 aliphatic rings. The van der Waals surface area contributed by atoms with E-state index in [1.807, 2.05) is 30.3 Å². The SMILES string of the molecule is Fc1ccc(-c2cccc(-c3ccccc3)c2)nc1. The van der Waals surface area contributed by atoms with Gasteiger partial charge < -0.3 is 0 Å². The summed E-state index contributed by atoms with van der Waals surface area (Å²) in [7, 11) is 0. The molecule has 1 heterocycles. The second-order valence-corrected chi connectivity index (χ2v) is 4.31. The van der Waals surface area contributed by atoms with Crippen LogP contribution in [0.3, 0.4) is 0 Å². The maximum atomic E-state index is 12.9. The molecule has 0 aliphatic heterocycles. The van der Waals surface area contributed by atoms with Crippen LogP contribution in [0.4, 0.5) is 4.39 Å². The van der Waals surface area contributed by atoms with Crippen LogP contribution >= 0.6 is 0 Å². The molecule has 1 nitrogen and oxygen atoms in total. The summed E-state index contributed by atoms with van der Waals surface area (Å²) in [6.45, 7) is 0. The zero-order chi connectivity index (χ0) is 13.1. The van der Waals surface area contributed by atoms with Crippen LogP contribution in [-0.4, -0.2) is 4.98 Å². The minimum Gasteiger partial charge on any atom is -0.253 e. The normalized spacial score (nSPS) is 10.4. The highest BCUT2D eigenvalue weighted by Gasteiger charge is 2.02. The Bertz CT molecular complexity index is 675. The van der Waals surface area contributed by atoms with Gasteiger partial charge >= 0.3 is 0 Å². The molecule has 3 rings (SSSR count). The Balaban J connectivity index is 2.03. The molecule has 92 valence electrons. The fourth-order valence-corrected chi connectivity index (χ4v) is 2.04. The van der Waals surface area contributed by atoms with Crippen LogP contribution in [0.15, 0.2) is 72.9 Å². The van der Waals surface area contributed by atoms with Crippen molar-refractivity contribution in [1.82, 2.24) is 4.98 Å². The molecule has 0 spiro atoms. The first-order chi connectivity index (χ1) is 9.33. The Labute approximate surface area is 111 Å². The highest BCUT2D eigenvalue weighted by molar-refractivity contribution is 5.71. The Morgan fingerprint density at radius 3 is 2.16 bits per heavy atom. The summed E-state index contributed by atoms with van der Waals surface area (Å²) < 4.78 is 12.9. The summed E-state index contributed by atoms with van der Waals surface area (Å²) in [5.74, 6) is -0.317. The molecule has 0 saturated heterocycles. The van der Waals surface area contributed by atoms with Gasteiger partial charge in [0.1, 0.15) is 5.82 Å². The minimum absolute atomic E-state index is 0.317. The fourth-order valence-electron chi connectivity index (χ4n) is 2.04. The van der Waals surface area contributed by atoms with Crippen LogP contribution in [0.25, 0.3) is 22.4 Å². The molecular weight excluding hydrogens is 237 g/mol. The van der Waals surface area contributed by atoms with Crippen molar-refractivity contribution in [2.45, 2.75) is 0 Å². The molecule has 19 heavy (non-hydrogen) atoms. The third kappa shape index (κ3) is 2.52. The number of nitrogens with zero attached hydrogens (tertiary/aromatic N) is 1. The topological polar surface area (TPSA) is 12.9 Å². The summed E-state index contributed by atoms with van der Waals surface area (Å²) in [5.41, 5.74) is 4.05. The summed E-state index contributed by atoms with van der Waals surface area (Å²) in [6, 6.07) is 21.4. The standard InChI is InChI=1S/C17H12FN/c18-16-9-10-17(19-12-16)15-8-4-7-14(11-15)13-5-2-1-3-6-13/h1-12H. The maximum Gasteiger partial charge on any atom is 0.141 e. The van der Waals surface area contributed by atoms with Crippen molar-refractivity contribution in [2.75, 3.05) is 0 Å². The molecule has 1 aromatic heterocycles. The molecule has 2 aromatic carbocycles. The molecule has 0 atom stereocenters. The van der Waals surface area contributed by atoms with E-state index in [2.05, 4.69) is 29.2 Å². The van der Waals surface area contributed by atoms with Crippen LogP contribution in [-0.2, 0) is 0 Å². The van der Waals surface area contributed by atoms with Gasteiger partial charge in [0.05, 0.1) is 11.9 Å². The first-order valence-electron chi connectivity index (χ1n) is 6.10. The highest BCUT2D eigenvalue weighted by Crippen LogP contribution is 2.25. The van der Waals surface area contributed by atoms with E-state index >= 15 is 0 Å². The van der Waals surface area contributed by atoms with Gasteiger partial charge in [0.25, 0.3) is 0 Å². The van der Waals surface area contributed by atoms with E-state index in [-0.39, 0.29) is 5.82 Å². The Kier molecular flexibility index (Phi) is 3.07. The van der Waals surface area contributed by atoms with Crippen LogP contribution in [0, 0.1) is 5.82 Å². The van der Waals surface area contributed by atoms with Crippen molar-refractivity contribution in [3.63, 3.8) is 0 Å². The Morgan fingerprint density at radius 2 is 1.42 bits per heavy atom. The van der Waals surface area contributed by atoms with Crippen LogP contribution < -0.4 is 0 Å². The van der Waals surface area contributed by atoms with Gasteiger partial charge in [-0.2, -0.15) is 0 Å². The minimum atomic E-state index is -0.317. The van der Waals surface area contributed by atoms with E-state index in [1.54, 1.807) is 6.07 Å². The van der Waals surface area contributed by atoms with E-state index in [9.17, 15) is 4.39 Å². The Hall–Kier alpha value is -2.48. The van der Waals surface area contributed by atoms with E-state index in [1.165, 1.54) is 12.3 Å². The maximum absolute atomic E-state index is 12.9. The smallest absolute Gasteiger partial charge is 0.141 e. The molecule has 0 unspecified atom stereocenters. The summed E-state index contributed by atoms with van der Waals surface area (Å²) >= 11 is 0. The zero-order valence-corrected chi connectivity index (χ0v) is 10.3. The summed E-state index contributed by atoms with van der Waals surface area (Å²) in [4.78, 5) is 4.11. The molecule has 0 amide bonds. The monoisotopic (exact) mass is 249 g/mol. The summed E-state index contributed by atoms with van der Waals surface area (Å²) in [5, 5.41) is 0. The lowest BCUT2D eigenvalue weighted by atomic mass is 10.0. The van der Waals surface area contributed by atoms with Crippen molar-refractivity contribution in [1.29, 1.82) is 0 Å². The van der Waals surface area contributed by atoms with Crippen molar-refractivity contribution in [3.05, 3.63) is 78.7 Å². The van der Waals surface area contributed by atoms with E-state index in [0.29, 0.717) is 0 Å². The third-order valence-corrected chi connectivity index (χ3v) is 2.99. The van der Waals surface area contributed by atoms with Crippen molar-refractivity contribution in [2.24, 2.45) is 0 Å². The van der Waals surface area contributed by atoms with Crippen LogP contribution in [0.2, 0.25) is 0 Å².